The Morgan fingerprint density at radius 3 is 1.60 bits per heavy atom. The van der Waals surface area contributed by atoms with Crippen LogP contribution in [0.3, 0.4) is 0 Å². The predicted octanol–water partition coefficient (Wildman–Crippen LogP) is 2.62. The van der Waals surface area contributed by atoms with Crippen molar-refractivity contribution in [1.82, 2.24) is 0 Å². The molecule has 0 atom stereocenters. The highest BCUT2D eigenvalue weighted by Crippen LogP contribution is 2.06. The fourth-order valence-electron chi connectivity index (χ4n) is 1.87. The molecule has 0 aliphatic carbocycles. The van der Waals surface area contributed by atoms with Crippen LogP contribution in [0, 0.1) is 0 Å². The van der Waals surface area contributed by atoms with Crippen LogP contribution >= 0.6 is 0 Å². The van der Waals surface area contributed by atoms with E-state index in [0.717, 1.165) is 38.5 Å². The average molecular weight is 280 g/mol. The van der Waals surface area contributed by atoms with Crippen molar-refractivity contribution < 1.29 is 19.1 Å². The van der Waals surface area contributed by atoms with Crippen molar-refractivity contribution >= 4 is 11.6 Å². The zero-order valence-electron chi connectivity index (χ0n) is 12.0. The largest absolute Gasteiger partial charge is 0.371 e. The van der Waals surface area contributed by atoms with Crippen molar-refractivity contribution in [1.29, 1.82) is 0 Å². The minimum atomic E-state index is -0.0230. The van der Waals surface area contributed by atoms with Crippen LogP contribution in [0.1, 0.15) is 38.5 Å². The minimum Gasteiger partial charge on any atom is -0.371 e. The van der Waals surface area contributed by atoms with E-state index in [0.29, 0.717) is 13.2 Å². The molecule has 0 fully saturated rings. The summed E-state index contributed by atoms with van der Waals surface area (Å²) >= 11 is 0. The molecule has 0 bridgehead atoms. The Kier molecular flexibility index (Phi) is 9.70. The molecule has 0 unspecified atom stereocenters. The van der Waals surface area contributed by atoms with Gasteiger partial charge in [0.1, 0.15) is 13.2 Å². The Morgan fingerprint density at radius 2 is 1.15 bits per heavy atom. The molecule has 0 saturated carbocycles. The first kappa shape index (κ1) is 16.8. The fourth-order valence-corrected chi connectivity index (χ4v) is 1.87. The van der Waals surface area contributed by atoms with Crippen LogP contribution in [0.2, 0.25) is 0 Å². The lowest BCUT2D eigenvalue weighted by atomic mass is 10.1. The van der Waals surface area contributed by atoms with Crippen LogP contribution in [0.5, 0.6) is 0 Å². The van der Waals surface area contributed by atoms with Gasteiger partial charge in [-0.15, -0.1) is 0 Å². The maximum absolute atomic E-state index is 11.4. The lowest BCUT2D eigenvalue weighted by Gasteiger charge is -2.03. The van der Waals surface area contributed by atoms with Gasteiger partial charge in [-0.05, 0) is 37.8 Å². The molecule has 0 aromatic carbocycles. The molecule has 0 saturated heterocycles. The number of ether oxygens (including phenoxy) is 2. The van der Waals surface area contributed by atoms with Crippen molar-refractivity contribution in [3.05, 3.63) is 24.3 Å². The summed E-state index contributed by atoms with van der Waals surface area (Å²) < 4.78 is 10.3. The van der Waals surface area contributed by atoms with Gasteiger partial charge in [0.05, 0.1) is 13.2 Å². The summed E-state index contributed by atoms with van der Waals surface area (Å²) in [6.07, 6.45) is 13.4. The Balaban J connectivity index is 2.32. The van der Waals surface area contributed by atoms with Crippen LogP contribution in [-0.2, 0) is 19.1 Å². The number of carbonyl (C=O) groups is 2. The first-order valence-electron chi connectivity index (χ1n) is 7.33. The highest BCUT2D eigenvalue weighted by Gasteiger charge is 1.99. The van der Waals surface area contributed by atoms with Gasteiger partial charge >= 0.3 is 0 Å². The molecule has 0 aromatic rings. The minimum absolute atomic E-state index is 0.0230. The highest BCUT2D eigenvalue weighted by molar-refractivity contribution is 5.91. The lowest BCUT2D eigenvalue weighted by molar-refractivity contribution is -0.122. The van der Waals surface area contributed by atoms with E-state index in [9.17, 15) is 9.59 Å². The normalized spacial score (nSPS) is 21.4. The van der Waals surface area contributed by atoms with Crippen LogP contribution in [0.25, 0.3) is 0 Å². The van der Waals surface area contributed by atoms with Gasteiger partial charge in [-0.25, -0.2) is 0 Å². The van der Waals surface area contributed by atoms with E-state index in [1.807, 2.05) is 12.2 Å². The van der Waals surface area contributed by atoms with Gasteiger partial charge in [-0.1, -0.05) is 25.0 Å². The topological polar surface area (TPSA) is 52.6 Å². The molecule has 20 heavy (non-hydrogen) atoms. The Labute approximate surface area is 120 Å². The maximum Gasteiger partial charge on any atom is 0.180 e. The lowest BCUT2D eigenvalue weighted by Crippen LogP contribution is -2.13. The Morgan fingerprint density at radius 1 is 0.700 bits per heavy atom. The smallest absolute Gasteiger partial charge is 0.180 e. The van der Waals surface area contributed by atoms with E-state index in [1.54, 1.807) is 12.2 Å². The highest BCUT2D eigenvalue weighted by atomic mass is 16.5. The summed E-state index contributed by atoms with van der Waals surface area (Å²) in [4.78, 5) is 22.8. The molecule has 0 radical (unpaired) electrons. The van der Waals surface area contributed by atoms with Crippen LogP contribution < -0.4 is 0 Å². The molecule has 1 rings (SSSR count). The van der Waals surface area contributed by atoms with Gasteiger partial charge < -0.3 is 9.47 Å². The van der Waals surface area contributed by atoms with Gasteiger partial charge in [0.15, 0.2) is 11.6 Å². The summed E-state index contributed by atoms with van der Waals surface area (Å²) in [7, 11) is 0. The quantitative estimate of drug-likeness (QED) is 0.684. The molecule has 0 N–H and O–H groups in total. The number of hydrogen-bond donors (Lipinski definition) is 0. The standard InChI is InChI=1S/C16H24O4/c17-15-9-7-5-3-1-2-4-6-8-10-16(18)14-20-12-11-19-13-15/h7-10H,1-6,11-14H2. The van der Waals surface area contributed by atoms with Gasteiger partial charge in [0, 0.05) is 0 Å². The zero-order valence-corrected chi connectivity index (χ0v) is 12.0. The van der Waals surface area contributed by atoms with E-state index in [-0.39, 0.29) is 24.8 Å². The van der Waals surface area contributed by atoms with Crippen molar-refractivity contribution in [2.24, 2.45) is 0 Å². The second-order valence-electron chi connectivity index (χ2n) is 4.83. The molecule has 4 nitrogen and oxygen atoms in total. The SMILES string of the molecule is O=C1C=CCCCCCCC=CC(=O)COCCOC1. The van der Waals surface area contributed by atoms with Gasteiger partial charge in [-0.2, -0.15) is 0 Å². The summed E-state index contributed by atoms with van der Waals surface area (Å²) in [6, 6.07) is 0. The van der Waals surface area contributed by atoms with Gasteiger partial charge in [0.2, 0.25) is 0 Å². The molecular weight excluding hydrogens is 256 g/mol. The first-order chi connectivity index (χ1) is 9.79. The summed E-state index contributed by atoms with van der Waals surface area (Å²) in [6.45, 7) is 0.814. The molecule has 4 heteroatoms. The Bertz CT molecular complexity index is 310. The third-order valence-electron chi connectivity index (χ3n) is 2.96. The molecule has 1 heterocycles. The molecule has 1 aliphatic rings. The number of ketones is 2. The van der Waals surface area contributed by atoms with Crippen molar-refractivity contribution in [2.75, 3.05) is 26.4 Å². The predicted molar refractivity (Wildman–Crippen MR) is 77.6 cm³/mol. The Hall–Kier alpha value is -1.26. The van der Waals surface area contributed by atoms with E-state index in [4.69, 9.17) is 9.47 Å². The monoisotopic (exact) mass is 280 g/mol. The summed E-state index contributed by atoms with van der Waals surface area (Å²) in [5.74, 6) is -0.0461. The average Bonchev–Trinajstić information content (AvgIpc) is 2.43. The molecule has 0 spiro atoms. The summed E-state index contributed by atoms with van der Waals surface area (Å²) in [5, 5.41) is 0. The first-order valence-corrected chi connectivity index (χ1v) is 7.33. The van der Waals surface area contributed by atoms with Crippen molar-refractivity contribution in [2.45, 2.75) is 38.5 Å². The van der Waals surface area contributed by atoms with E-state index in [2.05, 4.69) is 0 Å². The second-order valence-corrected chi connectivity index (χ2v) is 4.83. The van der Waals surface area contributed by atoms with E-state index in [1.165, 1.54) is 0 Å². The third-order valence-corrected chi connectivity index (χ3v) is 2.96. The van der Waals surface area contributed by atoms with Crippen LogP contribution in [0.4, 0.5) is 0 Å². The van der Waals surface area contributed by atoms with Gasteiger partial charge in [0.25, 0.3) is 0 Å². The van der Waals surface area contributed by atoms with Crippen molar-refractivity contribution in [3.63, 3.8) is 0 Å². The van der Waals surface area contributed by atoms with Gasteiger partial charge in [-0.3, -0.25) is 9.59 Å². The van der Waals surface area contributed by atoms with E-state index >= 15 is 0 Å². The number of allylic oxidation sites excluding steroid dienone is 2. The second kappa shape index (κ2) is 11.6. The maximum atomic E-state index is 11.4. The number of carbonyl (C=O) groups excluding carboxylic acids is 2. The number of hydrogen-bond acceptors (Lipinski definition) is 4. The molecule has 1 aliphatic heterocycles. The summed E-state index contributed by atoms with van der Waals surface area (Å²) in [5.41, 5.74) is 0. The fraction of sp³-hybridized carbons (Fsp3) is 0.625. The van der Waals surface area contributed by atoms with E-state index < -0.39 is 0 Å². The number of rotatable bonds is 0. The van der Waals surface area contributed by atoms with Crippen LogP contribution in [-0.4, -0.2) is 38.0 Å². The van der Waals surface area contributed by atoms with Crippen LogP contribution in [0.15, 0.2) is 24.3 Å². The molecule has 0 amide bonds. The third kappa shape index (κ3) is 9.64. The molecule has 112 valence electrons. The zero-order chi connectivity index (χ0) is 14.5. The molecular formula is C16H24O4. The van der Waals surface area contributed by atoms with Crippen molar-refractivity contribution in [3.8, 4) is 0 Å². The molecule has 0 aromatic heterocycles.